The third-order valence-corrected chi connectivity index (χ3v) is 5.98. The quantitative estimate of drug-likeness (QED) is 0.570. The lowest BCUT2D eigenvalue weighted by atomic mass is 9.74. The fourth-order valence-electron chi connectivity index (χ4n) is 4.42. The van der Waals surface area contributed by atoms with Crippen LogP contribution in [-0.4, -0.2) is 33.1 Å². The topological polar surface area (TPSA) is 85.9 Å². The molecule has 0 bridgehead atoms. The van der Waals surface area contributed by atoms with E-state index >= 15 is 0 Å². The van der Waals surface area contributed by atoms with Crippen LogP contribution in [0.3, 0.4) is 0 Å². The minimum absolute atomic E-state index is 0.185. The summed E-state index contributed by atoms with van der Waals surface area (Å²) in [5.74, 6) is -0.542. The molecule has 1 aliphatic carbocycles. The molecule has 3 atom stereocenters. The van der Waals surface area contributed by atoms with Crippen LogP contribution < -0.4 is 20.1 Å². The van der Waals surface area contributed by atoms with E-state index in [1.807, 2.05) is 43.3 Å². The van der Waals surface area contributed by atoms with Gasteiger partial charge in [0.25, 0.3) is 0 Å². The highest BCUT2D eigenvalue weighted by atomic mass is 16.5. The first-order chi connectivity index (χ1) is 15.0. The molecule has 1 aliphatic heterocycles. The third-order valence-electron chi connectivity index (χ3n) is 5.98. The number of rotatable bonds is 4. The van der Waals surface area contributed by atoms with Crippen LogP contribution in [0.4, 0.5) is 11.4 Å². The predicted octanol–water partition coefficient (Wildman–Crippen LogP) is 3.93. The van der Waals surface area contributed by atoms with E-state index in [-0.39, 0.29) is 11.7 Å². The first-order valence-electron chi connectivity index (χ1n) is 10.2. The number of benzene rings is 2. The molecule has 4 rings (SSSR count). The molecule has 2 aromatic carbocycles. The number of carbonyl (C=O) groups excluding carboxylic acids is 2. The lowest BCUT2D eigenvalue weighted by molar-refractivity contribution is -0.151. The van der Waals surface area contributed by atoms with Crippen molar-refractivity contribution in [1.82, 2.24) is 0 Å². The van der Waals surface area contributed by atoms with Crippen LogP contribution in [0, 0.1) is 11.8 Å². The van der Waals surface area contributed by atoms with Gasteiger partial charge in [-0.25, -0.2) is 0 Å². The summed E-state index contributed by atoms with van der Waals surface area (Å²) in [6.07, 6.45) is 0.547. The maximum absolute atomic E-state index is 13.7. The number of methoxy groups -OCH3 is 3. The Hall–Kier alpha value is -3.48. The van der Waals surface area contributed by atoms with Crippen molar-refractivity contribution in [3.05, 3.63) is 59.3 Å². The number of esters is 1. The number of carbonyl (C=O) groups is 2. The van der Waals surface area contributed by atoms with E-state index in [9.17, 15) is 9.59 Å². The predicted molar refractivity (Wildman–Crippen MR) is 117 cm³/mol. The van der Waals surface area contributed by atoms with Crippen molar-refractivity contribution in [2.24, 2.45) is 11.8 Å². The molecule has 7 nitrogen and oxygen atoms in total. The number of anilines is 2. The van der Waals surface area contributed by atoms with Gasteiger partial charge in [0.15, 0.2) is 5.78 Å². The number of para-hydroxylation sites is 2. The van der Waals surface area contributed by atoms with Crippen molar-refractivity contribution in [1.29, 1.82) is 0 Å². The number of ketones is 1. The standard InChI is InChI=1S/C24H26N2O5/c1-13-11-18-21(23(27)20(13)24(28)31-4)22(26-17-8-6-5-7-16(17)25-18)15-10-9-14(29-2)12-19(15)30-3/h5-10,12-13,20,22,25-26H,11H2,1-4H3/t13-,20+,22+/m0/s1. The summed E-state index contributed by atoms with van der Waals surface area (Å²) in [6, 6.07) is 12.8. The highest BCUT2D eigenvalue weighted by Crippen LogP contribution is 2.45. The molecule has 2 aliphatic rings. The molecule has 2 aromatic rings. The van der Waals surface area contributed by atoms with Crippen LogP contribution in [0.25, 0.3) is 0 Å². The summed E-state index contributed by atoms with van der Waals surface area (Å²) in [7, 11) is 4.49. The van der Waals surface area contributed by atoms with Gasteiger partial charge in [-0.2, -0.15) is 0 Å². The van der Waals surface area contributed by atoms with Gasteiger partial charge in [-0.15, -0.1) is 0 Å². The van der Waals surface area contributed by atoms with Crippen LogP contribution in [0.5, 0.6) is 11.5 Å². The number of hydrogen-bond acceptors (Lipinski definition) is 7. The average molecular weight is 422 g/mol. The first-order valence-corrected chi connectivity index (χ1v) is 10.2. The van der Waals surface area contributed by atoms with E-state index in [4.69, 9.17) is 14.2 Å². The van der Waals surface area contributed by atoms with E-state index < -0.39 is 17.9 Å². The Kier molecular flexibility index (Phi) is 5.59. The molecular weight excluding hydrogens is 396 g/mol. The Morgan fingerprint density at radius 1 is 1.03 bits per heavy atom. The molecule has 0 aromatic heterocycles. The molecule has 162 valence electrons. The second-order valence-electron chi connectivity index (χ2n) is 7.79. The Bertz CT molecular complexity index is 1060. The number of fused-ring (bicyclic) bond motifs is 1. The molecular formula is C24H26N2O5. The molecule has 0 saturated carbocycles. The molecule has 31 heavy (non-hydrogen) atoms. The first kappa shape index (κ1) is 20.8. The van der Waals surface area contributed by atoms with E-state index in [0.29, 0.717) is 23.5 Å². The summed E-state index contributed by atoms with van der Waals surface area (Å²) >= 11 is 0. The Morgan fingerprint density at radius 2 is 1.77 bits per heavy atom. The monoisotopic (exact) mass is 422 g/mol. The number of nitrogens with one attached hydrogen (secondary N) is 2. The van der Waals surface area contributed by atoms with Crippen LogP contribution in [0.15, 0.2) is 53.7 Å². The van der Waals surface area contributed by atoms with Crippen molar-refractivity contribution in [3.63, 3.8) is 0 Å². The van der Waals surface area contributed by atoms with Gasteiger partial charge in [0.1, 0.15) is 17.4 Å². The zero-order valence-corrected chi connectivity index (χ0v) is 18.0. The molecule has 0 fully saturated rings. The fourth-order valence-corrected chi connectivity index (χ4v) is 4.42. The second kappa shape index (κ2) is 8.34. The number of ether oxygens (including phenoxy) is 3. The molecule has 0 spiro atoms. The molecule has 0 unspecified atom stereocenters. The molecule has 2 N–H and O–H groups in total. The Balaban J connectivity index is 1.90. The van der Waals surface area contributed by atoms with Gasteiger partial charge in [0.2, 0.25) is 0 Å². The number of allylic oxidation sites excluding steroid dienone is 1. The minimum Gasteiger partial charge on any atom is -0.497 e. The smallest absolute Gasteiger partial charge is 0.316 e. The molecule has 0 amide bonds. The van der Waals surface area contributed by atoms with Crippen LogP contribution in [0.2, 0.25) is 0 Å². The molecule has 0 radical (unpaired) electrons. The van der Waals surface area contributed by atoms with E-state index in [1.54, 1.807) is 20.3 Å². The van der Waals surface area contributed by atoms with Crippen molar-refractivity contribution < 1.29 is 23.8 Å². The Morgan fingerprint density at radius 3 is 2.45 bits per heavy atom. The van der Waals surface area contributed by atoms with E-state index in [0.717, 1.165) is 22.6 Å². The zero-order valence-electron chi connectivity index (χ0n) is 18.0. The van der Waals surface area contributed by atoms with Gasteiger partial charge in [-0.05, 0) is 36.6 Å². The third kappa shape index (κ3) is 3.60. The van der Waals surface area contributed by atoms with Crippen molar-refractivity contribution in [3.8, 4) is 11.5 Å². The van der Waals surface area contributed by atoms with Gasteiger partial charge in [-0.1, -0.05) is 19.1 Å². The number of hydrogen-bond donors (Lipinski definition) is 2. The van der Waals surface area contributed by atoms with Gasteiger partial charge in [-0.3, -0.25) is 9.59 Å². The SMILES string of the molecule is COC(=O)[C@H]1C(=O)C2=C(C[C@@H]1C)Nc1ccccc1N[C@@H]2c1ccc(OC)cc1OC. The minimum atomic E-state index is -0.847. The summed E-state index contributed by atoms with van der Waals surface area (Å²) in [5, 5.41) is 6.93. The highest BCUT2D eigenvalue weighted by molar-refractivity contribution is 6.11. The van der Waals surface area contributed by atoms with Gasteiger partial charge in [0.05, 0.1) is 38.7 Å². The second-order valence-corrected chi connectivity index (χ2v) is 7.79. The van der Waals surface area contributed by atoms with Gasteiger partial charge < -0.3 is 24.8 Å². The lowest BCUT2D eigenvalue weighted by Gasteiger charge is -2.32. The van der Waals surface area contributed by atoms with Crippen LogP contribution in [0.1, 0.15) is 24.9 Å². The lowest BCUT2D eigenvalue weighted by Crippen LogP contribution is -2.39. The largest absolute Gasteiger partial charge is 0.497 e. The normalized spacial score (nSPS) is 22.3. The average Bonchev–Trinajstić information content (AvgIpc) is 2.94. The fraction of sp³-hybridized carbons (Fsp3) is 0.333. The highest BCUT2D eigenvalue weighted by Gasteiger charge is 2.44. The van der Waals surface area contributed by atoms with Crippen LogP contribution >= 0.6 is 0 Å². The summed E-state index contributed by atoms with van der Waals surface area (Å²) in [6.45, 7) is 1.90. The number of Topliss-reactive ketones (excluding diaryl/α,β-unsaturated/α-hetero) is 1. The van der Waals surface area contributed by atoms with Crippen molar-refractivity contribution in [2.75, 3.05) is 32.0 Å². The zero-order chi connectivity index (χ0) is 22.1. The van der Waals surface area contributed by atoms with Crippen molar-refractivity contribution >= 4 is 23.1 Å². The van der Waals surface area contributed by atoms with Gasteiger partial charge in [0, 0.05) is 22.9 Å². The van der Waals surface area contributed by atoms with Gasteiger partial charge >= 0.3 is 5.97 Å². The van der Waals surface area contributed by atoms with Crippen molar-refractivity contribution in [2.45, 2.75) is 19.4 Å². The summed E-state index contributed by atoms with van der Waals surface area (Å²) in [5.41, 5.74) is 3.84. The van der Waals surface area contributed by atoms with E-state index in [2.05, 4.69) is 10.6 Å². The summed E-state index contributed by atoms with van der Waals surface area (Å²) < 4.78 is 15.9. The molecule has 1 heterocycles. The Labute approximate surface area is 181 Å². The van der Waals surface area contributed by atoms with E-state index in [1.165, 1.54) is 7.11 Å². The maximum Gasteiger partial charge on any atom is 0.316 e. The molecule has 7 heteroatoms. The summed E-state index contributed by atoms with van der Waals surface area (Å²) in [4.78, 5) is 26.1. The molecule has 0 saturated heterocycles. The van der Waals surface area contributed by atoms with Crippen LogP contribution in [-0.2, 0) is 14.3 Å². The maximum atomic E-state index is 13.7.